The minimum atomic E-state index is -0.693. The predicted molar refractivity (Wildman–Crippen MR) is 88.4 cm³/mol. The number of hydrogen-bond donors (Lipinski definition) is 1. The molecule has 2 aromatic rings. The van der Waals surface area contributed by atoms with E-state index in [4.69, 9.17) is 11.6 Å². The highest BCUT2D eigenvalue weighted by Crippen LogP contribution is 2.31. The number of benzene rings is 2. The molecule has 0 radical (unpaired) electrons. The number of aliphatic hydroxyl groups excluding tert-OH is 1. The highest BCUT2D eigenvalue weighted by atomic mass is 79.9. The van der Waals surface area contributed by atoms with Gasteiger partial charge in [-0.25, -0.2) is 0 Å². The minimum absolute atomic E-state index is 0.539. The second-order valence-electron chi connectivity index (χ2n) is 5.04. The summed E-state index contributed by atoms with van der Waals surface area (Å²) in [5.41, 5.74) is 2.89. The van der Waals surface area contributed by atoms with E-state index in [1.807, 2.05) is 24.3 Å². The van der Waals surface area contributed by atoms with Gasteiger partial charge in [0.15, 0.2) is 0 Å². The molecule has 2 rings (SSSR count). The molecular weight excluding hydrogens is 336 g/mol. The molecule has 0 aromatic heterocycles. The fourth-order valence-corrected chi connectivity index (χ4v) is 2.92. The first-order chi connectivity index (χ1) is 9.52. The summed E-state index contributed by atoms with van der Waals surface area (Å²) in [6, 6.07) is 13.7. The number of hydrogen-bond acceptors (Lipinski definition) is 1. The van der Waals surface area contributed by atoms with Gasteiger partial charge in [-0.3, -0.25) is 0 Å². The Morgan fingerprint density at radius 2 is 1.70 bits per heavy atom. The Morgan fingerprint density at radius 1 is 1.10 bits per heavy atom. The Morgan fingerprint density at radius 3 is 2.25 bits per heavy atom. The van der Waals surface area contributed by atoms with E-state index in [9.17, 15) is 5.11 Å². The average molecular weight is 354 g/mol. The average Bonchev–Trinajstić information content (AvgIpc) is 2.46. The summed E-state index contributed by atoms with van der Waals surface area (Å²) < 4.78 is 0.908. The second kappa shape index (κ2) is 6.75. The Balaban J connectivity index is 2.26. The van der Waals surface area contributed by atoms with Crippen LogP contribution in [-0.2, 0) is 0 Å². The van der Waals surface area contributed by atoms with E-state index in [2.05, 4.69) is 41.9 Å². The van der Waals surface area contributed by atoms with Crippen LogP contribution in [0.5, 0.6) is 0 Å². The summed E-state index contributed by atoms with van der Waals surface area (Å²) in [7, 11) is 0. The van der Waals surface area contributed by atoms with Crippen LogP contribution in [0.25, 0.3) is 0 Å². The van der Waals surface area contributed by atoms with Crippen molar-refractivity contribution < 1.29 is 5.11 Å². The molecule has 2 aromatic carbocycles. The van der Waals surface area contributed by atoms with Gasteiger partial charge in [-0.1, -0.05) is 71.7 Å². The van der Waals surface area contributed by atoms with Gasteiger partial charge in [-0.05, 0) is 35.6 Å². The maximum absolute atomic E-state index is 10.5. The largest absolute Gasteiger partial charge is 0.384 e. The maximum Gasteiger partial charge on any atom is 0.105 e. The van der Waals surface area contributed by atoms with Gasteiger partial charge < -0.3 is 5.11 Å². The predicted octanol–water partition coefficient (Wildman–Crippen LogP) is 5.70. The van der Waals surface area contributed by atoms with Crippen LogP contribution in [0.4, 0.5) is 0 Å². The molecule has 106 valence electrons. The molecule has 20 heavy (non-hydrogen) atoms. The van der Waals surface area contributed by atoms with E-state index in [-0.39, 0.29) is 0 Å². The molecule has 1 N–H and O–H groups in total. The van der Waals surface area contributed by atoms with Crippen molar-refractivity contribution in [1.82, 2.24) is 0 Å². The summed E-state index contributed by atoms with van der Waals surface area (Å²) in [5.74, 6) is 0.539. The summed E-state index contributed by atoms with van der Waals surface area (Å²) in [4.78, 5) is 0. The Bertz CT molecular complexity index is 580. The molecule has 0 heterocycles. The van der Waals surface area contributed by atoms with Crippen molar-refractivity contribution in [2.45, 2.75) is 32.3 Å². The van der Waals surface area contributed by atoms with Gasteiger partial charge in [-0.2, -0.15) is 0 Å². The minimum Gasteiger partial charge on any atom is -0.384 e. The number of rotatable bonds is 4. The summed E-state index contributed by atoms with van der Waals surface area (Å²) >= 11 is 9.56. The van der Waals surface area contributed by atoms with Gasteiger partial charge in [0.25, 0.3) is 0 Å². The molecule has 2 atom stereocenters. The molecule has 1 nitrogen and oxygen atoms in total. The standard InChI is InChI=1S/C17H18BrClO/c1-3-11(2)12-4-6-13(7-5-12)17(20)15-9-8-14(18)10-16(15)19/h4-11,17,20H,3H2,1-2H3. The molecular formula is C17H18BrClO. The van der Waals surface area contributed by atoms with Gasteiger partial charge in [0, 0.05) is 15.1 Å². The fraction of sp³-hybridized carbons (Fsp3) is 0.294. The third kappa shape index (κ3) is 3.43. The third-order valence-electron chi connectivity index (χ3n) is 3.69. The first kappa shape index (κ1) is 15.6. The lowest BCUT2D eigenvalue weighted by atomic mass is 9.95. The molecule has 0 saturated heterocycles. The number of halogens is 2. The Hall–Kier alpha value is -0.830. The van der Waals surface area contributed by atoms with Crippen molar-refractivity contribution >= 4 is 27.5 Å². The lowest BCUT2D eigenvalue weighted by molar-refractivity contribution is 0.220. The van der Waals surface area contributed by atoms with E-state index < -0.39 is 6.10 Å². The first-order valence-corrected chi connectivity index (χ1v) is 7.93. The zero-order chi connectivity index (χ0) is 14.7. The highest BCUT2D eigenvalue weighted by molar-refractivity contribution is 9.10. The third-order valence-corrected chi connectivity index (χ3v) is 4.51. The molecule has 0 spiro atoms. The van der Waals surface area contributed by atoms with Crippen molar-refractivity contribution in [3.63, 3.8) is 0 Å². The second-order valence-corrected chi connectivity index (χ2v) is 6.37. The molecule has 2 unspecified atom stereocenters. The van der Waals surface area contributed by atoms with E-state index >= 15 is 0 Å². The van der Waals surface area contributed by atoms with Crippen molar-refractivity contribution in [3.8, 4) is 0 Å². The smallest absolute Gasteiger partial charge is 0.105 e. The van der Waals surface area contributed by atoms with E-state index in [1.165, 1.54) is 5.56 Å². The molecule has 0 aliphatic heterocycles. The van der Waals surface area contributed by atoms with Crippen molar-refractivity contribution in [2.24, 2.45) is 0 Å². The van der Waals surface area contributed by atoms with Crippen molar-refractivity contribution in [1.29, 1.82) is 0 Å². The molecule has 0 saturated carbocycles. The quantitative estimate of drug-likeness (QED) is 0.747. The van der Waals surface area contributed by atoms with Crippen LogP contribution in [-0.4, -0.2) is 5.11 Å². The van der Waals surface area contributed by atoms with Crippen LogP contribution in [0.2, 0.25) is 5.02 Å². The van der Waals surface area contributed by atoms with Gasteiger partial charge in [0.2, 0.25) is 0 Å². The van der Waals surface area contributed by atoms with Crippen LogP contribution in [0.1, 0.15) is 49.0 Å². The molecule has 0 aliphatic rings. The lowest BCUT2D eigenvalue weighted by Gasteiger charge is -2.15. The molecule has 0 amide bonds. The van der Waals surface area contributed by atoms with Crippen LogP contribution >= 0.6 is 27.5 Å². The molecule has 3 heteroatoms. The summed E-state index contributed by atoms with van der Waals surface area (Å²) in [6.45, 7) is 4.38. The zero-order valence-electron chi connectivity index (χ0n) is 11.6. The van der Waals surface area contributed by atoms with Gasteiger partial charge in [0.05, 0.1) is 0 Å². The van der Waals surface area contributed by atoms with Crippen molar-refractivity contribution in [3.05, 3.63) is 68.7 Å². The van der Waals surface area contributed by atoms with E-state index in [1.54, 1.807) is 6.07 Å². The zero-order valence-corrected chi connectivity index (χ0v) is 13.9. The maximum atomic E-state index is 10.5. The molecule has 0 aliphatic carbocycles. The Kier molecular flexibility index (Phi) is 5.25. The van der Waals surface area contributed by atoms with Gasteiger partial charge in [-0.15, -0.1) is 0 Å². The topological polar surface area (TPSA) is 20.2 Å². The molecule has 0 fully saturated rings. The SMILES string of the molecule is CCC(C)c1ccc(C(O)c2ccc(Br)cc2Cl)cc1. The summed E-state index contributed by atoms with van der Waals surface area (Å²) in [6.07, 6.45) is 0.419. The lowest BCUT2D eigenvalue weighted by Crippen LogP contribution is -2.01. The Labute approximate surface area is 133 Å². The highest BCUT2D eigenvalue weighted by Gasteiger charge is 2.14. The number of aliphatic hydroxyl groups is 1. The van der Waals surface area contributed by atoms with Gasteiger partial charge in [0.1, 0.15) is 6.10 Å². The van der Waals surface area contributed by atoms with Crippen molar-refractivity contribution in [2.75, 3.05) is 0 Å². The van der Waals surface area contributed by atoms with E-state index in [0.29, 0.717) is 10.9 Å². The van der Waals surface area contributed by atoms with Crippen LogP contribution in [0.3, 0.4) is 0 Å². The van der Waals surface area contributed by atoms with Crippen LogP contribution in [0.15, 0.2) is 46.9 Å². The van der Waals surface area contributed by atoms with Gasteiger partial charge >= 0.3 is 0 Å². The van der Waals surface area contributed by atoms with Crippen LogP contribution < -0.4 is 0 Å². The van der Waals surface area contributed by atoms with E-state index in [0.717, 1.165) is 22.0 Å². The first-order valence-electron chi connectivity index (χ1n) is 6.75. The monoisotopic (exact) mass is 352 g/mol. The summed E-state index contributed by atoms with van der Waals surface area (Å²) in [5, 5.41) is 11.0. The van der Waals surface area contributed by atoms with Crippen LogP contribution in [0, 0.1) is 0 Å². The molecule has 0 bridgehead atoms. The fourth-order valence-electron chi connectivity index (χ4n) is 2.15. The normalized spacial score (nSPS) is 14.1.